The van der Waals surface area contributed by atoms with Crippen LogP contribution in [0.15, 0.2) is 48.7 Å². The maximum absolute atomic E-state index is 11.7. The van der Waals surface area contributed by atoms with Gasteiger partial charge in [0.1, 0.15) is 5.82 Å². The van der Waals surface area contributed by atoms with Crippen LogP contribution in [0.25, 0.3) is 0 Å². The Hall–Kier alpha value is -3.29. The highest BCUT2D eigenvalue weighted by Gasteiger charge is 2.15. The lowest BCUT2D eigenvalue weighted by atomic mass is 10.3. The first-order valence-electron chi connectivity index (χ1n) is 5.84. The fourth-order valence-corrected chi connectivity index (χ4v) is 1.49. The molecule has 0 fully saturated rings. The van der Waals surface area contributed by atoms with Crippen molar-refractivity contribution in [2.75, 3.05) is 10.6 Å². The van der Waals surface area contributed by atoms with Crippen molar-refractivity contribution in [3.63, 3.8) is 0 Å². The smallest absolute Gasteiger partial charge is 0.315 e. The molecule has 0 aliphatic rings. The largest absolute Gasteiger partial charge is 0.318 e. The van der Waals surface area contributed by atoms with Crippen LogP contribution < -0.4 is 10.6 Å². The summed E-state index contributed by atoms with van der Waals surface area (Å²) in [6.45, 7) is 0. The standard InChI is InChI=1S/C13H10N4O4/c18-12(13(19)16-11-6-1-2-7-14-11)15-9-4-3-5-10(8-9)17(20)21/h1-8H,(H,15,18)(H,14,16,19). The van der Waals surface area contributed by atoms with Crippen molar-refractivity contribution >= 4 is 29.0 Å². The zero-order valence-corrected chi connectivity index (χ0v) is 10.6. The number of nitrogens with one attached hydrogen (secondary N) is 2. The number of aromatic nitrogens is 1. The van der Waals surface area contributed by atoms with Crippen LogP contribution in [-0.4, -0.2) is 21.7 Å². The summed E-state index contributed by atoms with van der Waals surface area (Å²) in [5.41, 5.74) is -0.0247. The third kappa shape index (κ3) is 3.83. The zero-order valence-electron chi connectivity index (χ0n) is 10.6. The lowest BCUT2D eigenvalue weighted by Crippen LogP contribution is -2.29. The van der Waals surface area contributed by atoms with Gasteiger partial charge < -0.3 is 10.6 Å². The van der Waals surface area contributed by atoms with Gasteiger partial charge in [-0.3, -0.25) is 19.7 Å². The number of rotatable bonds is 3. The fraction of sp³-hybridized carbons (Fsp3) is 0. The SMILES string of the molecule is O=C(Nc1cccc([N+](=O)[O-])c1)C(=O)Nc1ccccn1. The summed E-state index contributed by atoms with van der Waals surface area (Å²) < 4.78 is 0. The van der Waals surface area contributed by atoms with Gasteiger partial charge in [-0.1, -0.05) is 12.1 Å². The third-order valence-electron chi connectivity index (χ3n) is 2.43. The molecule has 1 aromatic heterocycles. The number of pyridine rings is 1. The molecule has 21 heavy (non-hydrogen) atoms. The number of benzene rings is 1. The Labute approximate surface area is 119 Å². The second kappa shape index (κ2) is 6.24. The van der Waals surface area contributed by atoms with E-state index in [1.807, 2.05) is 0 Å². The molecule has 0 aliphatic carbocycles. The van der Waals surface area contributed by atoms with E-state index in [-0.39, 0.29) is 17.2 Å². The number of carbonyl (C=O) groups is 2. The minimum atomic E-state index is -0.943. The molecular weight excluding hydrogens is 276 g/mol. The van der Waals surface area contributed by atoms with Gasteiger partial charge in [-0.05, 0) is 18.2 Å². The van der Waals surface area contributed by atoms with Crippen LogP contribution in [0, 0.1) is 10.1 Å². The first kappa shape index (κ1) is 14.1. The minimum Gasteiger partial charge on any atom is -0.318 e. The van der Waals surface area contributed by atoms with Crippen molar-refractivity contribution in [1.29, 1.82) is 0 Å². The Balaban J connectivity index is 2.02. The van der Waals surface area contributed by atoms with Gasteiger partial charge in [-0.25, -0.2) is 4.98 Å². The molecule has 1 aromatic carbocycles. The number of hydrogen-bond acceptors (Lipinski definition) is 5. The maximum atomic E-state index is 11.7. The van der Waals surface area contributed by atoms with Crippen molar-refractivity contribution in [3.8, 4) is 0 Å². The van der Waals surface area contributed by atoms with Crippen LogP contribution in [0.1, 0.15) is 0 Å². The predicted octanol–water partition coefficient (Wildman–Crippen LogP) is 1.57. The third-order valence-corrected chi connectivity index (χ3v) is 2.43. The maximum Gasteiger partial charge on any atom is 0.315 e. The molecule has 0 atom stereocenters. The van der Waals surface area contributed by atoms with Crippen LogP contribution in [0.2, 0.25) is 0 Å². The van der Waals surface area contributed by atoms with Crippen molar-refractivity contribution < 1.29 is 14.5 Å². The van der Waals surface area contributed by atoms with E-state index in [4.69, 9.17) is 0 Å². The molecule has 0 spiro atoms. The molecule has 2 rings (SSSR count). The Bertz CT molecular complexity index is 688. The van der Waals surface area contributed by atoms with Gasteiger partial charge in [0.2, 0.25) is 0 Å². The Morgan fingerprint density at radius 1 is 1.05 bits per heavy atom. The molecule has 8 nitrogen and oxygen atoms in total. The lowest BCUT2D eigenvalue weighted by Gasteiger charge is -2.05. The molecule has 106 valence electrons. The fourth-order valence-electron chi connectivity index (χ4n) is 1.49. The van der Waals surface area contributed by atoms with Gasteiger partial charge in [-0.15, -0.1) is 0 Å². The Morgan fingerprint density at radius 3 is 2.48 bits per heavy atom. The summed E-state index contributed by atoms with van der Waals surface area (Å²) >= 11 is 0. The topological polar surface area (TPSA) is 114 Å². The van der Waals surface area contributed by atoms with Crippen molar-refractivity contribution in [2.45, 2.75) is 0 Å². The van der Waals surface area contributed by atoms with E-state index in [1.54, 1.807) is 12.1 Å². The molecular formula is C13H10N4O4. The van der Waals surface area contributed by atoms with E-state index < -0.39 is 16.7 Å². The van der Waals surface area contributed by atoms with Gasteiger partial charge in [0, 0.05) is 24.0 Å². The monoisotopic (exact) mass is 286 g/mol. The second-order valence-electron chi connectivity index (χ2n) is 3.93. The van der Waals surface area contributed by atoms with Crippen LogP contribution >= 0.6 is 0 Å². The molecule has 0 bridgehead atoms. The molecule has 8 heteroatoms. The van der Waals surface area contributed by atoms with Gasteiger partial charge in [0.25, 0.3) is 5.69 Å². The number of nitro benzene ring substituents is 1. The van der Waals surface area contributed by atoms with Crippen LogP contribution in [0.5, 0.6) is 0 Å². The molecule has 2 aromatic rings. The molecule has 1 heterocycles. The quantitative estimate of drug-likeness (QED) is 0.505. The highest BCUT2D eigenvalue weighted by Crippen LogP contribution is 2.16. The number of nitro groups is 1. The van der Waals surface area contributed by atoms with E-state index in [0.29, 0.717) is 0 Å². The minimum absolute atomic E-state index is 0.158. The molecule has 0 aliphatic heterocycles. The number of carbonyl (C=O) groups excluding carboxylic acids is 2. The predicted molar refractivity (Wildman–Crippen MR) is 74.6 cm³/mol. The summed E-state index contributed by atoms with van der Waals surface area (Å²) in [7, 11) is 0. The summed E-state index contributed by atoms with van der Waals surface area (Å²) in [5, 5.41) is 15.2. The normalized spacial score (nSPS) is 9.71. The van der Waals surface area contributed by atoms with Crippen molar-refractivity contribution in [2.24, 2.45) is 0 Å². The Morgan fingerprint density at radius 2 is 1.81 bits per heavy atom. The van der Waals surface area contributed by atoms with Gasteiger partial charge in [0.05, 0.1) is 4.92 Å². The number of amides is 2. The Kier molecular flexibility index (Phi) is 4.20. The van der Waals surface area contributed by atoms with Crippen LogP contribution in [-0.2, 0) is 9.59 Å². The van der Waals surface area contributed by atoms with Crippen molar-refractivity contribution in [1.82, 2.24) is 4.98 Å². The summed E-state index contributed by atoms with van der Waals surface area (Å²) in [6, 6.07) is 10.1. The molecule has 0 radical (unpaired) electrons. The molecule has 2 N–H and O–H groups in total. The van der Waals surface area contributed by atoms with E-state index in [9.17, 15) is 19.7 Å². The summed E-state index contributed by atoms with van der Waals surface area (Å²) in [5.74, 6) is -1.63. The molecule has 0 saturated heterocycles. The molecule has 0 unspecified atom stereocenters. The van der Waals surface area contributed by atoms with E-state index in [0.717, 1.165) is 6.07 Å². The summed E-state index contributed by atoms with van der Waals surface area (Å²) in [4.78, 5) is 37.2. The van der Waals surface area contributed by atoms with Gasteiger partial charge >= 0.3 is 11.8 Å². The van der Waals surface area contributed by atoms with E-state index in [1.165, 1.54) is 30.5 Å². The second-order valence-corrected chi connectivity index (χ2v) is 3.93. The first-order chi connectivity index (χ1) is 10.1. The summed E-state index contributed by atoms with van der Waals surface area (Å²) in [6.07, 6.45) is 1.47. The number of nitrogens with zero attached hydrogens (tertiary/aromatic N) is 2. The van der Waals surface area contributed by atoms with Gasteiger partial charge in [0.15, 0.2) is 0 Å². The molecule has 0 saturated carbocycles. The van der Waals surface area contributed by atoms with Crippen LogP contribution in [0.3, 0.4) is 0 Å². The van der Waals surface area contributed by atoms with E-state index in [2.05, 4.69) is 15.6 Å². The van der Waals surface area contributed by atoms with Gasteiger partial charge in [-0.2, -0.15) is 0 Å². The number of non-ortho nitro benzene ring substituents is 1. The number of hydrogen-bond donors (Lipinski definition) is 2. The lowest BCUT2D eigenvalue weighted by molar-refractivity contribution is -0.384. The number of anilines is 2. The first-order valence-corrected chi connectivity index (χ1v) is 5.84. The zero-order chi connectivity index (χ0) is 15.2. The van der Waals surface area contributed by atoms with E-state index >= 15 is 0 Å². The highest BCUT2D eigenvalue weighted by atomic mass is 16.6. The highest BCUT2D eigenvalue weighted by molar-refractivity contribution is 6.43. The average molecular weight is 286 g/mol. The van der Waals surface area contributed by atoms with Crippen LogP contribution in [0.4, 0.5) is 17.2 Å². The molecule has 2 amide bonds. The average Bonchev–Trinajstić information content (AvgIpc) is 2.48. The van der Waals surface area contributed by atoms with Crippen molar-refractivity contribution in [3.05, 3.63) is 58.8 Å².